The van der Waals surface area contributed by atoms with E-state index in [4.69, 9.17) is 5.11 Å². The largest absolute Gasteiger partial charge is 0.480 e. The minimum absolute atomic E-state index is 0.103. The van der Waals surface area contributed by atoms with Crippen molar-refractivity contribution < 1.29 is 14.7 Å². The van der Waals surface area contributed by atoms with E-state index in [1.54, 1.807) is 0 Å². The number of hydrogen-bond donors (Lipinski definition) is 3. The number of carbonyl (C=O) groups is 2. The van der Waals surface area contributed by atoms with E-state index in [1.807, 2.05) is 34.0 Å². The molecule has 0 spiro atoms. The normalized spacial score (nSPS) is 14.6. The molecular weight excluding hydrogens is 252 g/mol. The van der Waals surface area contributed by atoms with Crippen LogP contribution in [0, 0.1) is 11.8 Å². The number of carbonyl (C=O) groups excluding carboxylic acids is 1. The molecule has 18 heavy (non-hydrogen) atoms. The molecule has 0 aliphatic carbocycles. The lowest BCUT2D eigenvalue weighted by Crippen LogP contribution is -2.51. The van der Waals surface area contributed by atoms with Crippen molar-refractivity contribution in [2.24, 2.45) is 11.8 Å². The predicted molar refractivity (Wildman–Crippen MR) is 74.3 cm³/mol. The molecule has 0 aliphatic rings. The van der Waals surface area contributed by atoms with E-state index in [0.29, 0.717) is 6.42 Å². The highest BCUT2D eigenvalue weighted by molar-refractivity contribution is 7.96. The van der Waals surface area contributed by atoms with Crippen LogP contribution in [0.3, 0.4) is 0 Å². The minimum atomic E-state index is -0.983. The first-order chi connectivity index (χ1) is 8.29. The van der Waals surface area contributed by atoms with Crippen LogP contribution in [-0.2, 0) is 9.59 Å². The van der Waals surface area contributed by atoms with Crippen molar-refractivity contribution in [1.82, 2.24) is 10.0 Å². The van der Waals surface area contributed by atoms with E-state index in [2.05, 4.69) is 10.0 Å². The van der Waals surface area contributed by atoms with Crippen molar-refractivity contribution in [3.8, 4) is 0 Å². The van der Waals surface area contributed by atoms with Crippen LogP contribution in [-0.4, -0.2) is 35.3 Å². The standard InChI is InChI=1S/C12H24N2O3S/c1-7(2)6-9(12(16)17)13-11(15)10(8(3)4)14-18-5/h7-10,14H,6H2,1-5H3,(H,13,15)(H,16,17)/t9-,10-/m0/s1. The van der Waals surface area contributed by atoms with Crippen molar-refractivity contribution in [1.29, 1.82) is 0 Å². The van der Waals surface area contributed by atoms with Gasteiger partial charge in [-0.1, -0.05) is 39.6 Å². The predicted octanol–water partition coefficient (Wildman–Crippen LogP) is 1.49. The first-order valence-corrected chi connectivity index (χ1v) is 7.33. The molecule has 0 radical (unpaired) electrons. The summed E-state index contributed by atoms with van der Waals surface area (Å²) in [5.41, 5.74) is 0. The van der Waals surface area contributed by atoms with Crippen molar-refractivity contribution >= 4 is 23.8 Å². The second kappa shape index (κ2) is 8.37. The summed E-state index contributed by atoms with van der Waals surface area (Å²) in [5, 5.41) is 11.7. The first-order valence-electron chi connectivity index (χ1n) is 6.11. The van der Waals surface area contributed by atoms with E-state index in [-0.39, 0.29) is 23.8 Å². The number of aliphatic carboxylic acids is 1. The molecule has 6 heteroatoms. The fourth-order valence-corrected chi connectivity index (χ4v) is 2.21. The Balaban J connectivity index is 4.60. The maximum absolute atomic E-state index is 12.0. The van der Waals surface area contributed by atoms with E-state index in [0.717, 1.165) is 0 Å². The maximum Gasteiger partial charge on any atom is 0.326 e. The summed E-state index contributed by atoms with van der Waals surface area (Å²) in [4.78, 5) is 23.1. The molecule has 0 saturated carbocycles. The lowest BCUT2D eigenvalue weighted by molar-refractivity contribution is -0.142. The van der Waals surface area contributed by atoms with Gasteiger partial charge in [-0.25, -0.2) is 4.79 Å². The van der Waals surface area contributed by atoms with Gasteiger partial charge in [-0.15, -0.1) is 0 Å². The summed E-state index contributed by atoms with van der Waals surface area (Å²) < 4.78 is 2.99. The molecule has 0 heterocycles. The average Bonchev–Trinajstić information content (AvgIpc) is 2.23. The molecular formula is C12H24N2O3S. The molecule has 1 amide bonds. The number of nitrogens with one attached hydrogen (secondary N) is 2. The van der Waals surface area contributed by atoms with Gasteiger partial charge in [0.15, 0.2) is 0 Å². The number of rotatable bonds is 8. The third kappa shape index (κ3) is 6.26. The second-order valence-electron chi connectivity index (χ2n) is 5.07. The van der Waals surface area contributed by atoms with Gasteiger partial charge in [0.1, 0.15) is 6.04 Å². The molecule has 106 valence electrons. The molecule has 5 nitrogen and oxygen atoms in total. The van der Waals surface area contributed by atoms with Crippen LogP contribution >= 0.6 is 11.9 Å². The van der Waals surface area contributed by atoms with Gasteiger partial charge in [-0.2, -0.15) is 0 Å². The van der Waals surface area contributed by atoms with Crippen molar-refractivity contribution in [2.45, 2.75) is 46.2 Å². The molecule has 0 unspecified atom stereocenters. The zero-order chi connectivity index (χ0) is 14.3. The van der Waals surface area contributed by atoms with E-state index in [9.17, 15) is 9.59 Å². The third-order valence-electron chi connectivity index (χ3n) is 2.52. The van der Waals surface area contributed by atoms with Gasteiger partial charge in [0.2, 0.25) is 5.91 Å². The number of carboxylic acids is 1. The Kier molecular flexibility index (Phi) is 8.02. The fraction of sp³-hybridized carbons (Fsp3) is 0.833. The first kappa shape index (κ1) is 17.2. The Morgan fingerprint density at radius 2 is 1.78 bits per heavy atom. The number of hydrogen-bond acceptors (Lipinski definition) is 4. The van der Waals surface area contributed by atoms with E-state index >= 15 is 0 Å². The summed E-state index contributed by atoms with van der Waals surface area (Å²) in [6, 6.07) is -1.20. The molecule has 2 atom stereocenters. The second-order valence-corrected chi connectivity index (χ2v) is 5.72. The van der Waals surface area contributed by atoms with Crippen molar-refractivity contribution in [2.75, 3.05) is 6.26 Å². The molecule has 0 fully saturated rings. The highest BCUT2D eigenvalue weighted by Crippen LogP contribution is 2.09. The Morgan fingerprint density at radius 3 is 2.11 bits per heavy atom. The highest BCUT2D eigenvalue weighted by Gasteiger charge is 2.27. The molecule has 0 rings (SSSR count). The molecule has 0 aromatic carbocycles. The Bertz CT molecular complexity index is 282. The molecule has 0 bridgehead atoms. The summed E-state index contributed by atoms with van der Waals surface area (Å²) in [6.45, 7) is 7.71. The SMILES string of the molecule is CSN[C@H](C(=O)N[C@@H](CC(C)C)C(=O)O)C(C)C. The van der Waals surface area contributed by atoms with Gasteiger partial charge in [0.05, 0.1) is 6.04 Å². The van der Waals surface area contributed by atoms with E-state index < -0.39 is 12.0 Å². The maximum atomic E-state index is 12.0. The summed E-state index contributed by atoms with van der Waals surface area (Å²) >= 11 is 1.36. The fourth-order valence-electron chi connectivity index (χ4n) is 1.57. The van der Waals surface area contributed by atoms with Crippen LogP contribution in [0.4, 0.5) is 0 Å². The minimum Gasteiger partial charge on any atom is -0.480 e. The zero-order valence-electron chi connectivity index (χ0n) is 11.7. The Labute approximate surface area is 113 Å². The van der Waals surface area contributed by atoms with Gasteiger partial charge >= 0.3 is 5.97 Å². The van der Waals surface area contributed by atoms with Crippen LogP contribution in [0.1, 0.15) is 34.1 Å². The average molecular weight is 276 g/mol. The highest BCUT2D eigenvalue weighted by atomic mass is 32.2. The van der Waals surface area contributed by atoms with Crippen LogP contribution in [0.5, 0.6) is 0 Å². The molecule has 0 aromatic rings. The van der Waals surface area contributed by atoms with Gasteiger partial charge < -0.3 is 10.4 Å². The Morgan fingerprint density at radius 1 is 1.22 bits per heavy atom. The quantitative estimate of drug-likeness (QED) is 0.585. The van der Waals surface area contributed by atoms with Crippen LogP contribution < -0.4 is 10.0 Å². The zero-order valence-corrected chi connectivity index (χ0v) is 12.5. The molecule has 0 aliphatic heterocycles. The summed E-state index contributed by atoms with van der Waals surface area (Å²) in [6.07, 6.45) is 2.27. The van der Waals surface area contributed by atoms with Crippen LogP contribution in [0.25, 0.3) is 0 Å². The third-order valence-corrected chi connectivity index (χ3v) is 3.01. The van der Waals surface area contributed by atoms with Crippen LogP contribution in [0.15, 0.2) is 0 Å². The van der Waals surface area contributed by atoms with Gasteiger partial charge in [-0.05, 0) is 24.5 Å². The number of carboxylic acid groups (broad SMARTS) is 1. The van der Waals surface area contributed by atoms with Gasteiger partial charge in [-0.3, -0.25) is 9.52 Å². The summed E-state index contributed by atoms with van der Waals surface area (Å²) in [5.74, 6) is -0.917. The van der Waals surface area contributed by atoms with E-state index in [1.165, 1.54) is 11.9 Å². The van der Waals surface area contributed by atoms with Crippen molar-refractivity contribution in [3.63, 3.8) is 0 Å². The molecule has 0 saturated heterocycles. The van der Waals surface area contributed by atoms with Crippen LogP contribution in [0.2, 0.25) is 0 Å². The molecule has 0 aromatic heterocycles. The van der Waals surface area contributed by atoms with Gasteiger partial charge in [0, 0.05) is 0 Å². The monoisotopic (exact) mass is 276 g/mol. The topological polar surface area (TPSA) is 78.4 Å². The lowest BCUT2D eigenvalue weighted by atomic mass is 10.0. The Hall–Kier alpha value is -0.750. The number of amides is 1. The van der Waals surface area contributed by atoms with Crippen molar-refractivity contribution in [3.05, 3.63) is 0 Å². The molecule has 3 N–H and O–H groups in total. The van der Waals surface area contributed by atoms with Gasteiger partial charge in [0.25, 0.3) is 0 Å². The summed E-state index contributed by atoms with van der Waals surface area (Å²) in [7, 11) is 0. The smallest absolute Gasteiger partial charge is 0.326 e. The lowest BCUT2D eigenvalue weighted by Gasteiger charge is -2.23.